The first-order valence-electron chi connectivity index (χ1n) is 9.75. The van der Waals surface area contributed by atoms with E-state index in [-0.39, 0.29) is 11.5 Å². The van der Waals surface area contributed by atoms with E-state index in [0.717, 1.165) is 16.6 Å². The smallest absolute Gasteiger partial charge is 0.272 e. The average molecular weight is 402 g/mol. The lowest BCUT2D eigenvalue weighted by atomic mass is 10.2. The van der Waals surface area contributed by atoms with Crippen LogP contribution in [0.25, 0.3) is 22.2 Å². The Kier molecular flexibility index (Phi) is 5.56. The minimum atomic E-state index is -0.215. The molecule has 0 fully saturated rings. The van der Waals surface area contributed by atoms with Crippen molar-refractivity contribution in [1.82, 2.24) is 25.5 Å². The van der Waals surface area contributed by atoms with Crippen molar-refractivity contribution in [2.45, 2.75) is 13.3 Å². The van der Waals surface area contributed by atoms with Crippen molar-refractivity contribution in [3.63, 3.8) is 0 Å². The Morgan fingerprint density at radius 2 is 1.73 bits per heavy atom. The fourth-order valence-electron chi connectivity index (χ4n) is 3.24. The summed E-state index contributed by atoms with van der Waals surface area (Å²) in [6, 6.07) is 17.0. The molecule has 0 aliphatic carbocycles. The number of aromatic nitrogens is 4. The van der Waals surface area contributed by atoms with Gasteiger partial charge in [0.2, 0.25) is 0 Å². The van der Waals surface area contributed by atoms with Gasteiger partial charge in [0, 0.05) is 29.7 Å². The standard InChI is InChI=1S/C22H22N6O2/c1-14-18(26-19(25-14)15-8-3-2-4-9-15)22(30)24-13-7-12-23-20-16-10-5-6-11-17(16)21(29)28-27-20/h2-6,8-11H,7,12-13H2,1H3,(H,23,27)(H,24,30)(H,25,26)(H,28,29). The first kappa shape index (κ1) is 19.4. The molecule has 2 aromatic heterocycles. The Hall–Kier alpha value is -3.94. The summed E-state index contributed by atoms with van der Waals surface area (Å²) in [5, 5.41) is 14.0. The number of carbonyl (C=O) groups excluding carboxylic acids is 1. The van der Waals surface area contributed by atoms with Crippen LogP contribution in [-0.2, 0) is 0 Å². The molecule has 152 valence electrons. The van der Waals surface area contributed by atoms with Gasteiger partial charge in [-0.1, -0.05) is 48.5 Å². The number of imidazole rings is 1. The third-order valence-electron chi connectivity index (χ3n) is 4.77. The molecule has 4 rings (SSSR count). The van der Waals surface area contributed by atoms with Crippen LogP contribution in [0.4, 0.5) is 5.82 Å². The predicted molar refractivity (Wildman–Crippen MR) is 117 cm³/mol. The Bertz CT molecular complexity index is 1230. The van der Waals surface area contributed by atoms with E-state index in [4.69, 9.17) is 0 Å². The van der Waals surface area contributed by atoms with Crippen molar-refractivity contribution in [2.75, 3.05) is 18.4 Å². The highest BCUT2D eigenvalue weighted by molar-refractivity contribution is 5.94. The molecule has 0 atom stereocenters. The maximum atomic E-state index is 12.5. The topological polar surface area (TPSA) is 116 Å². The molecule has 0 radical (unpaired) electrons. The van der Waals surface area contributed by atoms with Crippen LogP contribution in [0.1, 0.15) is 22.6 Å². The first-order valence-corrected chi connectivity index (χ1v) is 9.75. The van der Waals surface area contributed by atoms with E-state index in [1.54, 1.807) is 6.07 Å². The monoisotopic (exact) mass is 402 g/mol. The molecule has 8 heteroatoms. The van der Waals surface area contributed by atoms with Gasteiger partial charge in [0.05, 0.1) is 5.39 Å². The summed E-state index contributed by atoms with van der Waals surface area (Å²) in [4.78, 5) is 31.9. The Morgan fingerprint density at radius 3 is 2.53 bits per heavy atom. The molecular weight excluding hydrogens is 380 g/mol. The summed E-state index contributed by atoms with van der Waals surface area (Å²) >= 11 is 0. The number of nitrogens with zero attached hydrogens (tertiary/aromatic N) is 2. The van der Waals surface area contributed by atoms with Crippen molar-refractivity contribution >= 4 is 22.5 Å². The molecule has 0 aliphatic rings. The van der Waals surface area contributed by atoms with Crippen molar-refractivity contribution in [3.05, 3.63) is 76.3 Å². The van der Waals surface area contributed by atoms with E-state index in [1.807, 2.05) is 55.5 Å². The van der Waals surface area contributed by atoms with Crippen molar-refractivity contribution < 1.29 is 4.79 Å². The zero-order valence-corrected chi connectivity index (χ0v) is 16.5. The van der Waals surface area contributed by atoms with Crippen LogP contribution in [0.3, 0.4) is 0 Å². The first-order chi connectivity index (χ1) is 14.6. The highest BCUT2D eigenvalue weighted by Gasteiger charge is 2.15. The molecule has 0 saturated heterocycles. The maximum Gasteiger partial charge on any atom is 0.272 e. The molecule has 30 heavy (non-hydrogen) atoms. The fourth-order valence-corrected chi connectivity index (χ4v) is 3.24. The van der Waals surface area contributed by atoms with E-state index < -0.39 is 0 Å². The van der Waals surface area contributed by atoms with E-state index >= 15 is 0 Å². The van der Waals surface area contributed by atoms with Crippen molar-refractivity contribution in [2.24, 2.45) is 0 Å². The number of hydrogen-bond donors (Lipinski definition) is 4. The predicted octanol–water partition coefficient (Wildman–Crippen LogP) is 2.85. The minimum absolute atomic E-state index is 0.210. The molecule has 0 spiro atoms. The second-order valence-corrected chi connectivity index (χ2v) is 6.91. The lowest BCUT2D eigenvalue weighted by Gasteiger charge is -2.08. The highest BCUT2D eigenvalue weighted by Crippen LogP contribution is 2.18. The van der Waals surface area contributed by atoms with Gasteiger partial charge in [-0.3, -0.25) is 9.59 Å². The number of benzene rings is 2. The Labute approximate surface area is 172 Å². The van der Waals surface area contributed by atoms with Gasteiger partial charge in [-0.15, -0.1) is 0 Å². The van der Waals surface area contributed by atoms with Crippen LogP contribution in [0, 0.1) is 6.92 Å². The summed E-state index contributed by atoms with van der Waals surface area (Å²) in [6.07, 6.45) is 0.690. The van der Waals surface area contributed by atoms with E-state index in [2.05, 4.69) is 30.8 Å². The normalized spacial score (nSPS) is 10.8. The third kappa shape index (κ3) is 4.07. The summed E-state index contributed by atoms with van der Waals surface area (Å²) in [5.41, 5.74) is 1.85. The molecule has 0 aliphatic heterocycles. The molecule has 1 amide bonds. The number of aromatic amines is 2. The van der Waals surface area contributed by atoms with Gasteiger partial charge in [-0.05, 0) is 19.4 Å². The van der Waals surface area contributed by atoms with Crippen molar-refractivity contribution in [3.8, 4) is 11.4 Å². The minimum Gasteiger partial charge on any atom is -0.368 e. The molecule has 4 aromatic rings. The zero-order chi connectivity index (χ0) is 20.9. The SMILES string of the molecule is Cc1[nH]c(-c2ccccc2)nc1C(=O)NCCCNc1n[nH]c(=O)c2ccccc12. The van der Waals surface area contributed by atoms with Crippen LogP contribution in [0.5, 0.6) is 0 Å². The summed E-state index contributed by atoms with van der Waals surface area (Å²) in [6.45, 7) is 2.92. The largest absolute Gasteiger partial charge is 0.368 e. The summed E-state index contributed by atoms with van der Waals surface area (Å²) in [5.74, 6) is 1.08. The maximum absolute atomic E-state index is 12.5. The van der Waals surface area contributed by atoms with Crippen LogP contribution in [0.2, 0.25) is 0 Å². The van der Waals surface area contributed by atoms with Gasteiger partial charge in [-0.2, -0.15) is 5.10 Å². The number of aryl methyl sites for hydroxylation is 1. The number of hydrogen-bond acceptors (Lipinski definition) is 5. The summed E-state index contributed by atoms with van der Waals surface area (Å²) in [7, 11) is 0. The average Bonchev–Trinajstić information content (AvgIpc) is 3.17. The van der Waals surface area contributed by atoms with Gasteiger partial charge >= 0.3 is 0 Å². The lowest BCUT2D eigenvalue weighted by Crippen LogP contribution is -2.27. The van der Waals surface area contributed by atoms with E-state index in [9.17, 15) is 9.59 Å². The van der Waals surface area contributed by atoms with Gasteiger partial charge in [0.15, 0.2) is 5.82 Å². The van der Waals surface area contributed by atoms with Gasteiger partial charge < -0.3 is 15.6 Å². The Balaban J connectivity index is 1.31. The number of amides is 1. The number of nitrogens with one attached hydrogen (secondary N) is 4. The molecule has 4 N–H and O–H groups in total. The summed E-state index contributed by atoms with van der Waals surface area (Å²) < 4.78 is 0. The number of anilines is 1. The second kappa shape index (κ2) is 8.60. The van der Waals surface area contributed by atoms with Crippen molar-refractivity contribution in [1.29, 1.82) is 0 Å². The Morgan fingerprint density at radius 1 is 1.00 bits per heavy atom. The van der Waals surface area contributed by atoms with Crippen LogP contribution in [0.15, 0.2) is 59.4 Å². The molecule has 0 saturated carbocycles. The van der Waals surface area contributed by atoms with E-state index in [0.29, 0.717) is 42.2 Å². The number of rotatable bonds is 7. The number of carbonyl (C=O) groups is 1. The third-order valence-corrected chi connectivity index (χ3v) is 4.77. The molecular formula is C22H22N6O2. The van der Waals surface area contributed by atoms with Crippen LogP contribution >= 0.6 is 0 Å². The van der Waals surface area contributed by atoms with Crippen LogP contribution < -0.4 is 16.2 Å². The fraction of sp³-hybridized carbons (Fsp3) is 0.182. The molecule has 8 nitrogen and oxygen atoms in total. The van der Waals surface area contributed by atoms with Gasteiger partial charge in [-0.25, -0.2) is 10.1 Å². The highest BCUT2D eigenvalue weighted by atomic mass is 16.2. The molecule has 0 unspecified atom stereocenters. The van der Waals surface area contributed by atoms with Gasteiger partial charge in [0.1, 0.15) is 11.5 Å². The number of H-pyrrole nitrogens is 2. The van der Waals surface area contributed by atoms with E-state index in [1.165, 1.54) is 0 Å². The quantitative estimate of drug-likeness (QED) is 0.355. The zero-order valence-electron chi connectivity index (χ0n) is 16.5. The molecule has 2 aromatic carbocycles. The van der Waals surface area contributed by atoms with Crippen LogP contribution in [-0.4, -0.2) is 39.2 Å². The lowest BCUT2D eigenvalue weighted by molar-refractivity contribution is 0.0948. The molecule has 2 heterocycles. The van der Waals surface area contributed by atoms with Gasteiger partial charge in [0.25, 0.3) is 11.5 Å². The second-order valence-electron chi connectivity index (χ2n) is 6.91. The molecule has 0 bridgehead atoms. The number of fused-ring (bicyclic) bond motifs is 1.